The van der Waals surface area contributed by atoms with Gasteiger partial charge in [0.25, 0.3) is 0 Å². The van der Waals surface area contributed by atoms with E-state index in [4.69, 9.17) is 4.74 Å². The van der Waals surface area contributed by atoms with E-state index in [2.05, 4.69) is 55.0 Å². The van der Waals surface area contributed by atoms with E-state index < -0.39 is 0 Å². The average Bonchev–Trinajstić information content (AvgIpc) is 2.33. The Labute approximate surface area is 113 Å². The Bertz CT molecular complexity index is 398. The molecule has 0 bridgehead atoms. The van der Waals surface area contributed by atoms with Gasteiger partial charge < -0.3 is 4.74 Å². The van der Waals surface area contributed by atoms with E-state index in [9.17, 15) is 0 Å². The molecule has 0 aromatic rings. The van der Waals surface area contributed by atoms with E-state index in [0.29, 0.717) is 11.8 Å². The Balaban J connectivity index is 3.30. The molecule has 0 aromatic heterocycles. The van der Waals surface area contributed by atoms with Crippen molar-refractivity contribution in [1.29, 1.82) is 0 Å². The van der Waals surface area contributed by atoms with Crippen molar-refractivity contribution < 1.29 is 4.74 Å². The van der Waals surface area contributed by atoms with Gasteiger partial charge >= 0.3 is 0 Å². The first-order valence-corrected chi connectivity index (χ1v) is 7.04. The summed E-state index contributed by atoms with van der Waals surface area (Å²) >= 11 is 0. The van der Waals surface area contributed by atoms with E-state index in [0.717, 1.165) is 17.8 Å². The zero-order chi connectivity index (χ0) is 14.0. The van der Waals surface area contributed by atoms with Crippen LogP contribution in [0.1, 0.15) is 54.9 Å². The summed E-state index contributed by atoms with van der Waals surface area (Å²) in [4.78, 5) is 0. The third-order valence-electron chi connectivity index (χ3n) is 4.60. The molecule has 1 aliphatic rings. The van der Waals surface area contributed by atoms with E-state index in [1.807, 2.05) is 0 Å². The lowest BCUT2D eigenvalue weighted by Crippen LogP contribution is -2.31. The van der Waals surface area contributed by atoms with Crippen LogP contribution in [0.2, 0.25) is 0 Å². The maximum atomic E-state index is 6.19. The molecular weight excluding hydrogens is 220 g/mol. The van der Waals surface area contributed by atoms with Gasteiger partial charge in [-0.1, -0.05) is 32.9 Å². The van der Waals surface area contributed by atoms with Gasteiger partial charge in [0.15, 0.2) is 0 Å². The van der Waals surface area contributed by atoms with Gasteiger partial charge in [0.2, 0.25) is 0 Å². The number of hydrogen-bond donors (Lipinski definition) is 0. The van der Waals surface area contributed by atoms with Gasteiger partial charge in [-0.25, -0.2) is 0 Å². The molecule has 0 spiro atoms. The summed E-state index contributed by atoms with van der Waals surface area (Å²) in [5.41, 5.74) is 5.09. The van der Waals surface area contributed by atoms with Gasteiger partial charge in [0, 0.05) is 0 Å². The quantitative estimate of drug-likeness (QED) is 0.619. The minimum absolute atomic E-state index is 0.290. The van der Waals surface area contributed by atoms with Crippen LogP contribution in [-0.2, 0) is 4.74 Å². The Morgan fingerprint density at radius 1 is 1.17 bits per heavy atom. The number of hydrogen-bond acceptors (Lipinski definition) is 1. The lowest BCUT2D eigenvalue weighted by molar-refractivity contribution is 0.0469. The maximum Gasteiger partial charge on any atom is 0.122 e. The topological polar surface area (TPSA) is 9.23 Å². The molecule has 1 aliphatic heterocycles. The first kappa shape index (κ1) is 15.1. The smallest absolute Gasteiger partial charge is 0.122 e. The summed E-state index contributed by atoms with van der Waals surface area (Å²) < 4.78 is 6.19. The fraction of sp³-hybridized carbons (Fsp3) is 0.647. The van der Waals surface area contributed by atoms with Crippen LogP contribution < -0.4 is 0 Å². The normalized spacial score (nSPS) is 29.8. The molecule has 1 nitrogen and oxygen atoms in total. The molecule has 1 heteroatoms. The summed E-state index contributed by atoms with van der Waals surface area (Å²) in [6, 6.07) is 0. The molecule has 0 saturated carbocycles. The lowest BCUT2D eigenvalue weighted by Gasteiger charge is -2.37. The summed E-state index contributed by atoms with van der Waals surface area (Å²) in [5, 5.41) is 0. The van der Waals surface area contributed by atoms with Crippen molar-refractivity contribution in [3.8, 4) is 0 Å². The molecule has 3 unspecified atom stereocenters. The van der Waals surface area contributed by atoms with Gasteiger partial charge in [0.05, 0.1) is 6.10 Å². The first-order chi connectivity index (χ1) is 8.31. The standard InChI is InChI=1S/C17H28O/c1-9-16-13(6)12(5)15(8)18-17(16)14(7)11(4)10(2)3/h12-13,15H,2,9H2,1,3-8H3/b14-11-. The molecule has 0 fully saturated rings. The van der Waals surface area contributed by atoms with Gasteiger partial charge in [-0.15, -0.1) is 0 Å². The third-order valence-corrected chi connectivity index (χ3v) is 4.60. The second-order valence-electron chi connectivity index (χ2n) is 5.71. The molecule has 0 amide bonds. The Kier molecular flexibility index (Phi) is 4.84. The van der Waals surface area contributed by atoms with Crippen molar-refractivity contribution in [2.75, 3.05) is 0 Å². The van der Waals surface area contributed by atoms with Crippen LogP contribution in [0, 0.1) is 11.8 Å². The van der Waals surface area contributed by atoms with Crippen LogP contribution in [0.25, 0.3) is 0 Å². The van der Waals surface area contributed by atoms with Crippen LogP contribution in [0.3, 0.4) is 0 Å². The zero-order valence-corrected chi connectivity index (χ0v) is 13.1. The molecule has 0 aromatic carbocycles. The van der Waals surface area contributed by atoms with E-state index in [1.54, 1.807) is 0 Å². The molecule has 1 heterocycles. The summed E-state index contributed by atoms with van der Waals surface area (Å²) in [6.45, 7) is 19.4. The van der Waals surface area contributed by atoms with Crippen molar-refractivity contribution >= 4 is 0 Å². The highest BCUT2D eigenvalue weighted by molar-refractivity contribution is 5.41. The van der Waals surface area contributed by atoms with Crippen molar-refractivity contribution in [1.82, 2.24) is 0 Å². The molecule has 0 saturated heterocycles. The number of allylic oxidation sites excluding steroid dienone is 4. The third kappa shape index (κ3) is 2.71. The van der Waals surface area contributed by atoms with Gasteiger partial charge in [-0.05, 0) is 62.7 Å². The summed E-state index contributed by atoms with van der Waals surface area (Å²) in [7, 11) is 0. The van der Waals surface area contributed by atoms with Crippen LogP contribution in [-0.4, -0.2) is 6.10 Å². The van der Waals surface area contributed by atoms with Crippen molar-refractivity contribution in [3.63, 3.8) is 0 Å². The second-order valence-corrected chi connectivity index (χ2v) is 5.71. The molecule has 0 aliphatic carbocycles. The molecule has 3 atom stereocenters. The summed E-state index contributed by atoms with van der Waals surface area (Å²) in [6.07, 6.45) is 1.35. The van der Waals surface area contributed by atoms with Crippen LogP contribution in [0.4, 0.5) is 0 Å². The Morgan fingerprint density at radius 3 is 2.17 bits per heavy atom. The SMILES string of the molecule is C=C(C)/C(C)=C(/C)C1=C(CC)C(C)C(C)C(C)O1. The molecule has 0 N–H and O–H groups in total. The highest BCUT2D eigenvalue weighted by Crippen LogP contribution is 2.39. The fourth-order valence-corrected chi connectivity index (χ4v) is 2.60. The predicted molar refractivity (Wildman–Crippen MR) is 79.4 cm³/mol. The minimum atomic E-state index is 0.290. The Hall–Kier alpha value is -0.980. The monoisotopic (exact) mass is 248 g/mol. The summed E-state index contributed by atoms with van der Waals surface area (Å²) in [5.74, 6) is 2.30. The Morgan fingerprint density at radius 2 is 1.72 bits per heavy atom. The van der Waals surface area contributed by atoms with Crippen molar-refractivity contribution in [2.45, 2.75) is 61.0 Å². The number of rotatable bonds is 3. The van der Waals surface area contributed by atoms with Gasteiger partial charge in [-0.2, -0.15) is 0 Å². The lowest BCUT2D eigenvalue weighted by atomic mass is 9.80. The molecular formula is C17H28O. The fourth-order valence-electron chi connectivity index (χ4n) is 2.60. The van der Waals surface area contributed by atoms with E-state index in [-0.39, 0.29) is 6.10 Å². The second kappa shape index (κ2) is 5.77. The molecule has 0 radical (unpaired) electrons. The maximum absolute atomic E-state index is 6.19. The predicted octanol–water partition coefficient (Wildman–Crippen LogP) is 5.25. The van der Waals surface area contributed by atoms with Gasteiger partial charge in [0.1, 0.15) is 5.76 Å². The highest BCUT2D eigenvalue weighted by atomic mass is 16.5. The van der Waals surface area contributed by atoms with E-state index in [1.165, 1.54) is 16.7 Å². The van der Waals surface area contributed by atoms with Crippen LogP contribution in [0.15, 0.2) is 34.6 Å². The van der Waals surface area contributed by atoms with Crippen LogP contribution in [0.5, 0.6) is 0 Å². The first-order valence-electron chi connectivity index (χ1n) is 7.04. The van der Waals surface area contributed by atoms with E-state index >= 15 is 0 Å². The average molecular weight is 248 g/mol. The highest BCUT2D eigenvalue weighted by Gasteiger charge is 2.31. The van der Waals surface area contributed by atoms with Gasteiger partial charge in [-0.3, -0.25) is 0 Å². The molecule has 1 rings (SSSR count). The largest absolute Gasteiger partial charge is 0.490 e. The number of ether oxygens (including phenoxy) is 1. The van der Waals surface area contributed by atoms with Crippen molar-refractivity contribution in [3.05, 3.63) is 34.6 Å². The van der Waals surface area contributed by atoms with Crippen molar-refractivity contribution in [2.24, 2.45) is 11.8 Å². The van der Waals surface area contributed by atoms with Crippen LogP contribution >= 0.6 is 0 Å². The molecule has 18 heavy (non-hydrogen) atoms. The molecule has 102 valence electrons. The minimum Gasteiger partial charge on any atom is -0.490 e. The zero-order valence-electron chi connectivity index (χ0n) is 13.1.